The molecule has 0 saturated heterocycles. The Bertz CT molecular complexity index is 1080. The normalized spacial score (nSPS) is 13.9. The summed E-state index contributed by atoms with van der Waals surface area (Å²) in [4.78, 5) is 12.4. The molecular formula is C24H23NO4. The van der Waals surface area contributed by atoms with Crippen molar-refractivity contribution in [1.82, 2.24) is 0 Å². The van der Waals surface area contributed by atoms with Crippen molar-refractivity contribution in [1.29, 1.82) is 5.26 Å². The van der Waals surface area contributed by atoms with E-state index >= 15 is 0 Å². The number of carbonyl (C=O) groups is 1. The quantitative estimate of drug-likeness (QED) is 0.615. The number of methoxy groups -OCH3 is 2. The third-order valence-corrected chi connectivity index (χ3v) is 5.52. The molecule has 0 aliphatic heterocycles. The molecule has 0 radical (unpaired) electrons. The molecule has 5 heteroatoms. The highest BCUT2D eigenvalue weighted by Crippen LogP contribution is 2.49. The van der Waals surface area contributed by atoms with Crippen molar-refractivity contribution in [3.05, 3.63) is 71.8 Å². The summed E-state index contributed by atoms with van der Waals surface area (Å²) >= 11 is 0. The van der Waals surface area contributed by atoms with Crippen LogP contribution in [0.2, 0.25) is 0 Å². The van der Waals surface area contributed by atoms with Crippen LogP contribution in [0.1, 0.15) is 30.4 Å². The van der Waals surface area contributed by atoms with Crippen LogP contribution in [0, 0.1) is 16.7 Å². The predicted octanol–water partition coefficient (Wildman–Crippen LogP) is 4.99. The van der Waals surface area contributed by atoms with E-state index in [-0.39, 0.29) is 6.42 Å². The van der Waals surface area contributed by atoms with Gasteiger partial charge in [-0.2, -0.15) is 5.26 Å². The molecule has 2 unspecified atom stereocenters. The van der Waals surface area contributed by atoms with E-state index in [1.807, 2.05) is 42.5 Å². The molecule has 2 atom stereocenters. The number of carboxylic acid groups (broad SMARTS) is 1. The standard InChI is InChI=1S/C24H23NO4/c1-4-24(15-25,23(26)27)22(20-13-12-17(28-2)14-21(20)29-3)19-11-7-9-16-8-5-6-10-18(16)19/h5-14,22H,4H2,1-3H3,(H,26,27). The Labute approximate surface area is 170 Å². The molecule has 0 fully saturated rings. The molecule has 5 nitrogen and oxygen atoms in total. The van der Waals surface area contributed by atoms with Crippen molar-refractivity contribution in [3.63, 3.8) is 0 Å². The number of rotatable bonds is 7. The van der Waals surface area contributed by atoms with Crippen LogP contribution in [0.4, 0.5) is 0 Å². The zero-order valence-corrected chi connectivity index (χ0v) is 16.7. The SMILES string of the molecule is CCC(C#N)(C(=O)O)C(c1ccc(OC)cc1OC)c1cccc2ccccc12. The minimum Gasteiger partial charge on any atom is -0.497 e. The summed E-state index contributed by atoms with van der Waals surface area (Å²) in [5.41, 5.74) is -0.251. The molecule has 0 bridgehead atoms. The van der Waals surface area contributed by atoms with E-state index in [4.69, 9.17) is 9.47 Å². The molecule has 3 aromatic rings. The summed E-state index contributed by atoms with van der Waals surface area (Å²) in [5.74, 6) is -0.812. The van der Waals surface area contributed by atoms with Gasteiger partial charge in [0.15, 0.2) is 5.41 Å². The predicted molar refractivity (Wildman–Crippen MR) is 111 cm³/mol. The molecule has 0 aliphatic rings. The van der Waals surface area contributed by atoms with Gasteiger partial charge in [-0.1, -0.05) is 55.5 Å². The van der Waals surface area contributed by atoms with E-state index < -0.39 is 17.3 Å². The first-order valence-corrected chi connectivity index (χ1v) is 9.36. The molecule has 0 amide bonds. The van der Waals surface area contributed by atoms with Crippen molar-refractivity contribution < 1.29 is 19.4 Å². The van der Waals surface area contributed by atoms with E-state index in [2.05, 4.69) is 6.07 Å². The van der Waals surface area contributed by atoms with Gasteiger partial charge in [-0.05, 0) is 28.8 Å². The summed E-state index contributed by atoms with van der Waals surface area (Å²) < 4.78 is 10.9. The van der Waals surface area contributed by atoms with Gasteiger partial charge in [0.2, 0.25) is 0 Å². The molecule has 0 spiro atoms. The molecular weight excluding hydrogens is 366 g/mol. The topological polar surface area (TPSA) is 79.6 Å². The third kappa shape index (κ3) is 3.38. The number of hydrogen-bond acceptors (Lipinski definition) is 4. The highest BCUT2D eigenvalue weighted by atomic mass is 16.5. The summed E-state index contributed by atoms with van der Waals surface area (Å²) in [6.45, 7) is 1.73. The van der Waals surface area contributed by atoms with Crippen LogP contribution in [0.3, 0.4) is 0 Å². The second kappa shape index (κ2) is 8.24. The maximum absolute atomic E-state index is 12.4. The lowest BCUT2D eigenvalue weighted by Gasteiger charge is -2.33. The lowest BCUT2D eigenvalue weighted by atomic mass is 9.67. The van der Waals surface area contributed by atoms with Gasteiger partial charge in [0.05, 0.1) is 20.3 Å². The van der Waals surface area contributed by atoms with E-state index in [1.54, 1.807) is 32.2 Å². The molecule has 29 heavy (non-hydrogen) atoms. The zero-order valence-electron chi connectivity index (χ0n) is 16.7. The van der Waals surface area contributed by atoms with Gasteiger partial charge in [-0.3, -0.25) is 4.79 Å². The second-order valence-corrected chi connectivity index (χ2v) is 6.85. The highest BCUT2D eigenvalue weighted by Gasteiger charge is 2.48. The van der Waals surface area contributed by atoms with Crippen LogP contribution >= 0.6 is 0 Å². The van der Waals surface area contributed by atoms with Crippen molar-refractivity contribution in [3.8, 4) is 17.6 Å². The van der Waals surface area contributed by atoms with Gasteiger partial charge in [-0.15, -0.1) is 0 Å². The molecule has 3 aromatic carbocycles. The Morgan fingerprint density at radius 1 is 1.07 bits per heavy atom. The molecule has 0 saturated carbocycles. The van der Waals surface area contributed by atoms with Crippen LogP contribution in [-0.4, -0.2) is 25.3 Å². The van der Waals surface area contributed by atoms with E-state index in [0.29, 0.717) is 17.1 Å². The number of hydrogen-bond donors (Lipinski definition) is 1. The van der Waals surface area contributed by atoms with Gasteiger partial charge < -0.3 is 14.6 Å². The Balaban J connectivity index is 2.41. The summed E-state index contributed by atoms with van der Waals surface area (Å²) in [5, 5.41) is 22.1. The number of nitriles is 1. The second-order valence-electron chi connectivity index (χ2n) is 6.85. The fraction of sp³-hybridized carbons (Fsp3) is 0.250. The number of fused-ring (bicyclic) bond motifs is 1. The van der Waals surface area contributed by atoms with Crippen molar-refractivity contribution in [2.75, 3.05) is 14.2 Å². The number of nitrogens with zero attached hydrogens (tertiary/aromatic N) is 1. The van der Waals surface area contributed by atoms with Crippen LogP contribution in [0.5, 0.6) is 11.5 Å². The first kappa shape index (κ1) is 20.2. The Morgan fingerprint density at radius 2 is 1.79 bits per heavy atom. The van der Waals surface area contributed by atoms with E-state index in [9.17, 15) is 15.2 Å². The first-order valence-electron chi connectivity index (χ1n) is 9.36. The number of carboxylic acids is 1. The van der Waals surface area contributed by atoms with Gasteiger partial charge >= 0.3 is 5.97 Å². The molecule has 0 aromatic heterocycles. The average Bonchev–Trinajstić information content (AvgIpc) is 2.76. The van der Waals surface area contributed by atoms with Crippen LogP contribution in [0.15, 0.2) is 60.7 Å². The number of ether oxygens (including phenoxy) is 2. The first-order chi connectivity index (χ1) is 14.0. The summed E-state index contributed by atoms with van der Waals surface area (Å²) in [6, 6.07) is 20.9. The Kier molecular flexibility index (Phi) is 5.74. The van der Waals surface area contributed by atoms with Crippen molar-refractivity contribution in [2.45, 2.75) is 19.3 Å². The molecule has 3 rings (SSSR count). The third-order valence-electron chi connectivity index (χ3n) is 5.52. The van der Waals surface area contributed by atoms with Crippen LogP contribution < -0.4 is 9.47 Å². The number of benzene rings is 3. The van der Waals surface area contributed by atoms with E-state index in [0.717, 1.165) is 16.3 Å². The highest BCUT2D eigenvalue weighted by molar-refractivity contribution is 5.89. The van der Waals surface area contributed by atoms with Gasteiger partial charge in [-0.25, -0.2) is 0 Å². The summed E-state index contributed by atoms with van der Waals surface area (Å²) in [6.07, 6.45) is 0.141. The fourth-order valence-electron chi connectivity index (χ4n) is 3.93. The largest absolute Gasteiger partial charge is 0.497 e. The van der Waals surface area contributed by atoms with Gasteiger partial charge in [0, 0.05) is 17.5 Å². The molecule has 0 aliphatic carbocycles. The fourth-order valence-corrected chi connectivity index (χ4v) is 3.93. The minimum absolute atomic E-state index is 0.141. The average molecular weight is 389 g/mol. The van der Waals surface area contributed by atoms with Gasteiger partial charge in [0.25, 0.3) is 0 Å². The lowest BCUT2D eigenvalue weighted by molar-refractivity contribution is -0.146. The maximum Gasteiger partial charge on any atom is 0.325 e. The molecule has 0 heterocycles. The zero-order chi connectivity index (χ0) is 21.0. The van der Waals surface area contributed by atoms with Crippen LogP contribution in [-0.2, 0) is 4.79 Å². The smallest absolute Gasteiger partial charge is 0.325 e. The minimum atomic E-state index is -1.66. The van der Waals surface area contributed by atoms with Crippen LogP contribution in [0.25, 0.3) is 10.8 Å². The lowest BCUT2D eigenvalue weighted by Crippen LogP contribution is -2.36. The van der Waals surface area contributed by atoms with Crippen molar-refractivity contribution in [2.24, 2.45) is 5.41 Å². The number of aliphatic carboxylic acids is 1. The Morgan fingerprint density at radius 3 is 2.41 bits per heavy atom. The van der Waals surface area contributed by atoms with Gasteiger partial charge in [0.1, 0.15) is 11.5 Å². The van der Waals surface area contributed by atoms with Crippen molar-refractivity contribution >= 4 is 16.7 Å². The molecule has 148 valence electrons. The Hall–Kier alpha value is -3.52. The maximum atomic E-state index is 12.4. The molecule has 1 N–H and O–H groups in total. The monoisotopic (exact) mass is 389 g/mol. The summed E-state index contributed by atoms with van der Waals surface area (Å²) in [7, 11) is 3.08. The van der Waals surface area contributed by atoms with E-state index in [1.165, 1.54) is 7.11 Å².